The Bertz CT molecular complexity index is 753. The smallest absolute Gasteiger partial charge is 0.305 e. The molecular formula is C20H27N2O4S+. The number of nitrogens with one attached hydrogen (secondary N) is 1. The van der Waals surface area contributed by atoms with E-state index in [-0.39, 0.29) is 18.1 Å². The van der Waals surface area contributed by atoms with Gasteiger partial charge in [-0.2, -0.15) is 0 Å². The Balaban J connectivity index is 1.89. The van der Waals surface area contributed by atoms with Gasteiger partial charge in [0.2, 0.25) is 0 Å². The normalized spacial score (nSPS) is 12.6. The lowest BCUT2D eigenvalue weighted by Gasteiger charge is -2.28. The molecule has 0 aliphatic rings. The molecule has 1 aromatic heterocycles. The molecule has 0 bridgehead atoms. The van der Waals surface area contributed by atoms with Crippen LogP contribution in [0.2, 0.25) is 0 Å². The molecule has 1 amide bonds. The summed E-state index contributed by atoms with van der Waals surface area (Å²) < 4.78 is 6.19. The number of aliphatic carboxylic acids is 1. The Kier molecular flexibility index (Phi) is 7.50. The molecule has 1 heterocycles. The number of likely N-dealkylation sites (N-methyl/N-ethyl adjacent to an activating group) is 1. The van der Waals surface area contributed by atoms with Crippen molar-refractivity contribution in [3.8, 4) is 0 Å². The molecule has 0 fully saturated rings. The van der Waals surface area contributed by atoms with Gasteiger partial charge in [-0.25, -0.2) is 0 Å². The van der Waals surface area contributed by atoms with Gasteiger partial charge in [-0.15, -0.1) is 11.8 Å². The van der Waals surface area contributed by atoms with Crippen LogP contribution in [-0.2, 0) is 16.3 Å². The molecule has 146 valence electrons. The number of carboxylic acid groups (broad SMARTS) is 1. The molecule has 27 heavy (non-hydrogen) atoms. The van der Waals surface area contributed by atoms with E-state index in [9.17, 15) is 9.59 Å². The molecule has 1 aromatic carbocycles. The molecule has 7 heteroatoms. The van der Waals surface area contributed by atoms with Crippen molar-refractivity contribution >= 4 is 23.6 Å². The van der Waals surface area contributed by atoms with E-state index in [1.54, 1.807) is 23.9 Å². The van der Waals surface area contributed by atoms with Crippen molar-refractivity contribution in [2.75, 3.05) is 27.7 Å². The molecule has 0 spiro atoms. The molecule has 2 N–H and O–H groups in total. The summed E-state index contributed by atoms with van der Waals surface area (Å²) in [6.07, 6.45) is -0.123. The highest BCUT2D eigenvalue weighted by Crippen LogP contribution is 2.19. The van der Waals surface area contributed by atoms with Crippen LogP contribution in [0.25, 0.3) is 0 Å². The van der Waals surface area contributed by atoms with E-state index in [1.165, 1.54) is 5.56 Å². The summed E-state index contributed by atoms with van der Waals surface area (Å²) in [6, 6.07) is 13.1. The highest BCUT2D eigenvalue weighted by atomic mass is 32.2. The molecular weight excluding hydrogens is 364 g/mol. The van der Waals surface area contributed by atoms with Crippen LogP contribution in [0.1, 0.15) is 28.3 Å². The number of quaternary nitrogens is 1. The van der Waals surface area contributed by atoms with Crippen LogP contribution in [-0.4, -0.2) is 55.2 Å². The van der Waals surface area contributed by atoms with E-state index in [0.29, 0.717) is 16.8 Å². The molecule has 0 saturated heterocycles. The molecule has 1 unspecified atom stereocenters. The topological polar surface area (TPSA) is 79.5 Å². The number of nitrogens with zero attached hydrogens (tertiary/aromatic N) is 1. The minimum Gasteiger partial charge on any atom is -0.481 e. The number of furan rings is 1. The zero-order valence-corrected chi connectivity index (χ0v) is 16.8. The minimum atomic E-state index is -0.939. The number of thioether (sulfide) groups is 1. The predicted octanol–water partition coefficient (Wildman–Crippen LogP) is 2.99. The van der Waals surface area contributed by atoms with Crippen LogP contribution in [0.4, 0.5) is 0 Å². The first kappa shape index (κ1) is 21.1. The molecule has 0 aliphatic heterocycles. The second-order valence-corrected chi connectivity index (χ2v) is 8.47. The van der Waals surface area contributed by atoms with Crippen molar-refractivity contribution in [2.24, 2.45) is 0 Å². The minimum absolute atomic E-state index is 0.123. The van der Waals surface area contributed by atoms with E-state index in [1.807, 2.05) is 39.3 Å². The first-order valence-electron chi connectivity index (χ1n) is 8.76. The standard InChI is InChI=1S/C20H26N2O4S/c1-22(2,3)12-16(11-19(23)24)21-20(25)18-10-9-17(26-18)14-27-13-15-7-5-4-6-8-15/h4-10,16H,11-14H2,1-3H3,(H-,21,23,24,25)/p+1. The molecule has 6 nitrogen and oxygen atoms in total. The maximum absolute atomic E-state index is 12.4. The number of carboxylic acids is 1. The Morgan fingerprint density at radius 3 is 2.44 bits per heavy atom. The van der Waals surface area contributed by atoms with Crippen molar-refractivity contribution in [3.63, 3.8) is 0 Å². The molecule has 0 aliphatic carbocycles. The summed E-state index contributed by atoms with van der Waals surface area (Å²) in [6.45, 7) is 0.512. The summed E-state index contributed by atoms with van der Waals surface area (Å²) in [5, 5.41) is 11.9. The summed E-state index contributed by atoms with van der Waals surface area (Å²) in [4.78, 5) is 23.5. The van der Waals surface area contributed by atoms with Gasteiger partial charge >= 0.3 is 5.97 Å². The third kappa shape index (κ3) is 7.88. The quantitative estimate of drug-likeness (QED) is 0.609. The summed E-state index contributed by atoms with van der Waals surface area (Å²) in [5.74, 6) is 1.15. The van der Waals surface area contributed by atoms with Gasteiger partial charge in [0.05, 0.1) is 45.9 Å². The van der Waals surface area contributed by atoms with Gasteiger partial charge in [0, 0.05) is 5.75 Å². The lowest BCUT2D eigenvalue weighted by Crippen LogP contribution is -2.49. The highest BCUT2D eigenvalue weighted by Gasteiger charge is 2.24. The number of carbonyl (C=O) groups excluding carboxylic acids is 1. The van der Waals surface area contributed by atoms with Crippen molar-refractivity contribution in [1.29, 1.82) is 0 Å². The van der Waals surface area contributed by atoms with E-state index >= 15 is 0 Å². The second kappa shape index (κ2) is 9.62. The van der Waals surface area contributed by atoms with E-state index in [2.05, 4.69) is 17.4 Å². The van der Waals surface area contributed by atoms with Crippen molar-refractivity contribution in [3.05, 3.63) is 59.5 Å². The fourth-order valence-corrected chi connectivity index (χ4v) is 3.60. The number of benzene rings is 1. The molecule has 0 radical (unpaired) electrons. The lowest BCUT2D eigenvalue weighted by molar-refractivity contribution is -0.871. The van der Waals surface area contributed by atoms with Crippen LogP contribution in [0.5, 0.6) is 0 Å². The van der Waals surface area contributed by atoms with Gasteiger partial charge in [-0.05, 0) is 17.7 Å². The van der Waals surface area contributed by atoms with Crippen molar-refractivity contribution in [2.45, 2.75) is 24.0 Å². The average Bonchev–Trinajstić information content (AvgIpc) is 3.02. The summed E-state index contributed by atoms with van der Waals surface area (Å²) in [7, 11) is 5.86. The van der Waals surface area contributed by atoms with Gasteiger partial charge in [-0.3, -0.25) is 9.59 Å². The van der Waals surface area contributed by atoms with Gasteiger partial charge in [0.15, 0.2) is 5.76 Å². The predicted molar refractivity (Wildman–Crippen MR) is 107 cm³/mol. The van der Waals surface area contributed by atoms with E-state index in [4.69, 9.17) is 9.52 Å². The van der Waals surface area contributed by atoms with Crippen LogP contribution >= 0.6 is 11.8 Å². The van der Waals surface area contributed by atoms with Gasteiger partial charge < -0.3 is 19.3 Å². The highest BCUT2D eigenvalue weighted by molar-refractivity contribution is 7.97. The number of amides is 1. The fourth-order valence-electron chi connectivity index (χ4n) is 2.71. The van der Waals surface area contributed by atoms with Crippen LogP contribution < -0.4 is 5.32 Å². The Hall–Kier alpha value is -2.25. The first-order valence-corrected chi connectivity index (χ1v) is 9.92. The number of hydrogen-bond acceptors (Lipinski definition) is 4. The first-order chi connectivity index (χ1) is 12.7. The lowest BCUT2D eigenvalue weighted by atomic mass is 10.2. The molecule has 0 saturated carbocycles. The maximum Gasteiger partial charge on any atom is 0.305 e. The van der Waals surface area contributed by atoms with Crippen LogP contribution in [0.3, 0.4) is 0 Å². The fraction of sp³-hybridized carbons (Fsp3) is 0.400. The maximum atomic E-state index is 12.4. The Labute approximate surface area is 164 Å². The van der Waals surface area contributed by atoms with Crippen LogP contribution in [0, 0.1) is 0 Å². The molecule has 1 atom stereocenters. The Morgan fingerprint density at radius 1 is 1.11 bits per heavy atom. The number of rotatable bonds is 10. The average molecular weight is 392 g/mol. The van der Waals surface area contributed by atoms with E-state index in [0.717, 1.165) is 11.5 Å². The number of hydrogen-bond donors (Lipinski definition) is 2. The molecule has 2 rings (SSSR count). The summed E-state index contributed by atoms with van der Waals surface area (Å²) >= 11 is 1.71. The molecule has 2 aromatic rings. The van der Waals surface area contributed by atoms with Crippen molar-refractivity contribution in [1.82, 2.24) is 5.32 Å². The third-order valence-corrected chi connectivity index (χ3v) is 4.79. The third-order valence-electron chi connectivity index (χ3n) is 3.77. The zero-order valence-electron chi connectivity index (χ0n) is 16.0. The van der Waals surface area contributed by atoms with Gasteiger partial charge in [0.25, 0.3) is 5.91 Å². The van der Waals surface area contributed by atoms with Gasteiger partial charge in [0.1, 0.15) is 5.76 Å². The zero-order chi connectivity index (χ0) is 19.9. The second-order valence-electron chi connectivity index (χ2n) is 7.49. The SMILES string of the molecule is C[N+](C)(C)CC(CC(=O)O)NC(=O)c1ccc(CSCc2ccccc2)o1. The van der Waals surface area contributed by atoms with Crippen LogP contribution in [0.15, 0.2) is 46.9 Å². The monoisotopic (exact) mass is 391 g/mol. The number of carbonyl (C=O) groups is 2. The largest absolute Gasteiger partial charge is 0.481 e. The van der Waals surface area contributed by atoms with Gasteiger partial charge in [-0.1, -0.05) is 30.3 Å². The Morgan fingerprint density at radius 2 is 1.81 bits per heavy atom. The van der Waals surface area contributed by atoms with E-state index < -0.39 is 12.0 Å². The summed E-state index contributed by atoms with van der Waals surface area (Å²) in [5.41, 5.74) is 1.24. The van der Waals surface area contributed by atoms with Crippen molar-refractivity contribution < 1.29 is 23.6 Å².